The number of rotatable bonds is 5. The molecule has 3 aromatic rings. The number of likely N-dealkylation sites (tertiary alicyclic amines) is 2. The third kappa shape index (κ3) is 4.60. The summed E-state index contributed by atoms with van der Waals surface area (Å²) in [6.45, 7) is 8.57. The molecular weight excluding hydrogens is 414 g/mol. The van der Waals surface area contributed by atoms with E-state index in [2.05, 4.69) is 19.7 Å². The summed E-state index contributed by atoms with van der Waals surface area (Å²) in [5.74, 6) is 1.18. The minimum Gasteiger partial charge on any atom is -0.416 e. The maximum absolute atomic E-state index is 13.1. The van der Waals surface area contributed by atoms with Crippen LogP contribution in [0.15, 0.2) is 40.8 Å². The van der Waals surface area contributed by atoms with Gasteiger partial charge in [-0.2, -0.15) is 0 Å². The Bertz CT molecular complexity index is 1090. The molecule has 2 aromatic heterocycles. The summed E-state index contributed by atoms with van der Waals surface area (Å²) in [7, 11) is 0. The molecule has 1 aromatic carbocycles. The molecule has 4 heterocycles. The van der Waals surface area contributed by atoms with Crippen molar-refractivity contribution in [2.75, 3.05) is 26.2 Å². The van der Waals surface area contributed by atoms with Gasteiger partial charge in [-0.25, -0.2) is 0 Å². The van der Waals surface area contributed by atoms with Crippen molar-refractivity contribution in [2.45, 2.75) is 58.5 Å². The van der Waals surface area contributed by atoms with Crippen molar-refractivity contribution in [1.29, 1.82) is 0 Å². The van der Waals surface area contributed by atoms with Crippen molar-refractivity contribution >= 4 is 5.91 Å². The van der Waals surface area contributed by atoms with Crippen molar-refractivity contribution < 1.29 is 9.21 Å². The first kappa shape index (κ1) is 21.9. The summed E-state index contributed by atoms with van der Waals surface area (Å²) in [4.78, 5) is 17.8. The van der Waals surface area contributed by atoms with Crippen LogP contribution in [-0.4, -0.2) is 62.7 Å². The van der Waals surface area contributed by atoms with Crippen LogP contribution in [0.3, 0.4) is 0 Å². The van der Waals surface area contributed by atoms with Gasteiger partial charge < -0.3 is 18.8 Å². The summed E-state index contributed by atoms with van der Waals surface area (Å²) >= 11 is 0. The highest BCUT2D eigenvalue weighted by atomic mass is 16.4. The SMILES string of the molecule is Cc1cc(-c2nnc(-c3ccccc3)o2)c(C)n1CC(=O)N1CCC(N2CCCCC2)CC1. The molecule has 2 aliphatic rings. The van der Waals surface area contributed by atoms with E-state index in [9.17, 15) is 4.79 Å². The van der Waals surface area contributed by atoms with Gasteiger partial charge in [-0.05, 0) is 70.8 Å². The molecule has 7 nitrogen and oxygen atoms in total. The van der Waals surface area contributed by atoms with E-state index in [1.807, 2.05) is 55.1 Å². The van der Waals surface area contributed by atoms with Crippen LogP contribution in [-0.2, 0) is 11.3 Å². The van der Waals surface area contributed by atoms with E-state index in [1.54, 1.807) is 0 Å². The average Bonchev–Trinajstić information content (AvgIpc) is 3.46. The predicted octanol–water partition coefficient (Wildman–Crippen LogP) is 4.30. The molecule has 2 aliphatic heterocycles. The molecule has 1 amide bonds. The predicted molar refractivity (Wildman–Crippen MR) is 128 cm³/mol. The van der Waals surface area contributed by atoms with Crippen molar-refractivity contribution in [3.05, 3.63) is 47.8 Å². The van der Waals surface area contributed by atoms with Gasteiger partial charge in [0.05, 0.1) is 5.56 Å². The average molecular weight is 448 g/mol. The molecule has 0 radical (unpaired) electrons. The van der Waals surface area contributed by atoms with Gasteiger partial charge in [0.2, 0.25) is 17.7 Å². The number of carbonyl (C=O) groups excluding carboxylic acids is 1. The number of aromatic nitrogens is 3. The normalized spacial score (nSPS) is 18.1. The fraction of sp³-hybridized carbons (Fsp3) is 0.500. The fourth-order valence-corrected chi connectivity index (χ4v) is 5.29. The number of aryl methyl sites for hydroxylation is 1. The first-order chi connectivity index (χ1) is 16.1. The second-order valence-corrected chi connectivity index (χ2v) is 9.36. The van der Waals surface area contributed by atoms with Crippen LogP contribution in [0.5, 0.6) is 0 Å². The van der Waals surface area contributed by atoms with Crippen LogP contribution in [0.1, 0.15) is 43.5 Å². The van der Waals surface area contributed by atoms with E-state index in [0.717, 1.165) is 48.4 Å². The molecule has 0 N–H and O–H groups in total. The minimum atomic E-state index is 0.191. The van der Waals surface area contributed by atoms with Gasteiger partial charge in [-0.15, -0.1) is 10.2 Å². The molecule has 2 fully saturated rings. The second-order valence-electron chi connectivity index (χ2n) is 9.36. The van der Waals surface area contributed by atoms with Gasteiger partial charge in [0, 0.05) is 36.1 Å². The molecule has 0 spiro atoms. The van der Waals surface area contributed by atoms with E-state index < -0.39 is 0 Å². The van der Waals surface area contributed by atoms with Gasteiger partial charge in [0.25, 0.3) is 0 Å². The molecular formula is C26H33N5O2. The standard InChI is InChI=1S/C26H33N5O2/c1-19-17-23(26-28-27-25(33-26)21-9-5-3-6-10-21)20(2)31(19)18-24(32)30-15-11-22(12-16-30)29-13-7-4-8-14-29/h3,5-6,9-10,17,22H,4,7-8,11-16,18H2,1-2H3. The zero-order valence-electron chi connectivity index (χ0n) is 19.7. The van der Waals surface area contributed by atoms with Crippen molar-refractivity contribution in [2.24, 2.45) is 0 Å². The fourth-order valence-electron chi connectivity index (χ4n) is 5.29. The minimum absolute atomic E-state index is 0.191. The monoisotopic (exact) mass is 447 g/mol. The van der Waals surface area contributed by atoms with Crippen molar-refractivity contribution in [1.82, 2.24) is 24.6 Å². The third-order valence-electron chi connectivity index (χ3n) is 7.27. The Morgan fingerprint density at radius 3 is 2.39 bits per heavy atom. The summed E-state index contributed by atoms with van der Waals surface area (Å²) in [5, 5.41) is 8.49. The lowest BCUT2D eigenvalue weighted by Gasteiger charge is -2.40. The van der Waals surface area contributed by atoms with E-state index in [0.29, 0.717) is 24.4 Å². The summed E-state index contributed by atoms with van der Waals surface area (Å²) in [6.07, 6.45) is 6.18. The van der Waals surface area contributed by atoms with Crippen LogP contribution in [0.2, 0.25) is 0 Å². The van der Waals surface area contributed by atoms with Gasteiger partial charge in [0.15, 0.2) is 0 Å². The Morgan fingerprint density at radius 1 is 0.970 bits per heavy atom. The zero-order valence-corrected chi connectivity index (χ0v) is 19.7. The van der Waals surface area contributed by atoms with Gasteiger partial charge >= 0.3 is 0 Å². The number of carbonyl (C=O) groups is 1. The molecule has 0 saturated carbocycles. The van der Waals surface area contributed by atoms with Gasteiger partial charge in [0.1, 0.15) is 6.54 Å². The Balaban J connectivity index is 1.25. The van der Waals surface area contributed by atoms with Crippen LogP contribution in [0.25, 0.3) is 22.9 Å². The van der Waals surface area contributed by atoms with E-state index in [-0.39, 0.29) is 5.91 Å². The number of hydrogen-bond donors (Lipinski definition) is 0. The second kappa shape index (κ2) is 9.51. The molecule has 0 atom stereocenters. The maximum Gasteiger partial charge on any atom is 0.249 e. The molecule has 0 bridgehead atoms. The topological polar surface area (TPSA) is 67.4 Å². The molecule has 33 heavy (non-hydrogen) atoms. The van der Waals surface area contributed by atoms with Gasteiger partial charge in [-0.1, -0.05) is 24.6 Å². The smallest absolute Gasteiger partial charge is 0.249 e. The number of benzene rings is 1. The lowest BCUT2D eigenvalue weighted by molar-refractivity contribution is -0.133. The first-order valence-electron chi connectivity index (χ1n) is 12.2. The molecule has 0 aliphatic carbocycles. The molecule has 174 valence electrons. The summed E-state index contributed by atoms with van der Waals surface area (Å²) < 4.78 is 8.03. The summed E-state index contributed by atoms with van der Waals surface area (Å²) in [5.41, 5.74) is 3.79. The van der Waals surface area contributed by atoms with Crippen LogP contribution in [0, 0.1) is 13.8 Å². The van der Waals surface area contributed by atoms with Crippen LogP contribution >= 0.6 is 0 Å². The lowest BCUT2D eigenvalue weighted by Crippen LogP contribution is -2.48. The first-order valence-corrected chi connectivity index (χ1v) is 12.2. The number of piperidine rings is 2. The maximum atomic E-state index is 13.1. The van der Waals surface area contributed by atoms with Crippen LogP contribution < -0.4 is 0 Å². The molecule has 7 heteroatoms. The highest BCUT2D eigenvalue weighted by molar-refractivity contribution is 5.77. The largest absolute Gasteiger partial charge is 0.416 e. The van der Waals surface area contributed by atoms with Crippen LogP contribution in [0.4, 0.5) is 0 Å². The van der Waals surface area contributed by atoms with E-state index in [1.165, 1.54) is 32.4 Å². The molecule has 5 rings (SSSR count). The van der Waals surface area contributed by atoms with Crippen molar-refractivity contribution in [3.63, 3.8) is 0 Å². The number of nitrogens with zero attached hydrogens (tertiary/aromatic N) is 5. The van der Waals surface area contributed by atoms with Crippen molar-refractivity contribution in [3.8, 4) is 22.9 Å². The number of amides is 1. The Kier molecular flexibility index (Phi) is 6.31. The zero-order chi connectivity index (χ0) is 22.8. The quantitative estimate of drug-likeness (QED) is 0.583. The third-order valence-corrected chi connectivity index (χ3v) is 7.27. The van der Waals surface area contributed by atoms with E-state index in [4.69, 9.17) is 4.42 Å². The number of hydrogen-bond acceptors (Lipinski definition) is 5. The Labute approximate surface area is 195 Å². The highest BCUT2D eigenvalue weighted by Gasteiger charge is 2.28. The summed E-state index contributed by atoms with van der Waals surface area (Å²) in [6, 6.07) is 12.4. The lowest BCUT2D eigenvalue weighted by atomic mass is 10.00. The molecule has 0 unspecified atom stereocenters. The Hall–Kier alpha value is -2.93. The Morgan fingerprint density at radius 2 is 1.67 bits per heavy atom. The highest BCUT2D eigenvalue weighted by Crippen LogP contribution is 2.29. The van der Waals surface area contributed by atoms with Gasteiger partial charge in [-0.3, -0.25) is 4.79 Å². The molecule has 2 saturated heterocycles. The van der Waals surface area contributed by atoms with E-state index >= 15 is 0 Å².